The molecule has 0 aliphatic carbocycles. The third kappa shape index (κ3) is 4.81. The van der Waals surface area contributed by atoms with E-state index in [1.807, 2.05) is 36.7 Å². The number of oxazole rings is 1. The Bertz CT molecular complexity index is 904. The second-order valence-corrected chi connectivity index (χ2v) is 7.28. The topological polar surface area (TPSA) is 83.3 Å². The molecule has 1 aliphatic rings. The first-order valence-electron chi connectivity index (χ1n) is 9.90. The Hall–Kier alpha value is -3.19. The Kier molecular flexibility index (Phi) is 5.86. The lowest BCUT2D eigenvalue weighted by atomic mass is 10.0. The van der Waals surface area contributed by atoms with Gasteiger partial charge >= 0.3 is 6.03 Å². The Morgan fingerprint density at radius 1 is 1.10 bits per heavy atom. The van der Waals surface area contributed by atoms with Gasteiger partial charge in [-0.15, -0.1) is 0 Å². The number of benzene rings is 1. The predicted molar refractivity (Wildman–Crippen MR) is 111 cm³/mol. The molecule has 0 saturated carbocycles. The van der Waals surface area contributed by atoms with Crippen LogP contribution in [-0.4, -0.2) is 40.0 Å². The molecule has 3 aromatic rings. The van der Waals surface area contributed by atoms with Crippen molar-refractivity contribution in [2.75, 3.05) is 18.4 Å². The number of hydrogen-bond acceptors (Lipinski definition) is 5. The Balaban J connectivity index is 1.25. The summed E-state index contributed by atoms with van der Waals surface area (Å²) in [5.41, 5.74) is 2.88. The average molecular weight is 391 g/mol. The fraction of sp³-hybridized carbons (Fsp3) is 0.318. The van der Waals surface area contributed by atoms with E-state index in [0.29, 0.717) is 11.9 Å². The lowest BCUT2D eigenvalue weighted by Crippen LogP contribution is -2.46. The number of piperidine rings is 1. The third-order valence-corrected chi connectivity index (χ3v) is 5.42. The van der Waals surface area contributed by atoms with Crippen molar-refractivity contribution in [1.29, 1.82) is 0 Å². The largest absolute Gasteiger partial charge is 0.445 e. The highest BCUT2D eigenvalue weighted by molar-refractivity contribution is 5.89. The number of nitrogens with zero attached hydrogens (tertiary/aromatic N) is 3. The summed E-state index contributed by atoms with van der Waals surface area (Å²) in [6.45, 7) is 4.14. The van der Waals surface area contributed by atoms with Crippen molar-refractivity contribution in [2.45, 2.75) is 31.8 Å². The molecular weight excluding hydrogens is 366 g/mol. The van der Waals surface area contributed by atoms with Crippen molar-refractivity contribution in [3.63, 3.8) is 0 Å². The van der Waals surface area contributed by atoms with E-state index in [1.54, 1.807) is 6.20 Å². The van der Waals surface area contributed by atoms with E-state index in [-0.39, 0.29) is 12.1 Å². The fourth-order valence-electron chi connectivity index (χ4n) is 3.70. The van der Waals surface area contributed by atoms with E-state index in [9.17, 15) is 4.79 Å². The number of pyridine rings is 1. The third-order valence-electron chi connectivity index (χ3n) is 5.42. The van der Waals surface area contributed by atoms with E-state index in [0.717, 1.165) is 37.2 Å². The summed E-state index contributed by atoms with van der Waals surface area (Å²) >= 11 is 0. The molecular formula is C22H25N5O2. The lowest BCUT2D eigenvalue weighted by Gasteiger charge is -2.36. The van der Waals surface area contributed by atoms with Crippen molar-refractivity contribution in [3.8, 4) is 11.5 Å². The van der Waals surface area contributed by atoms with Crippen LogP contribution in [0.3, 0.4) is 0 Å². The van der Waals surface area contributed by atoms with Gasteiger partial charge in [-0.25, -0.2) is 9.78 Å². The van der Waals surface area contributed by atoms with Gasteiger partial charge in [0.2, 0.25) is 5.89 Å². The molecule has 2 N–H and O–H groups in total. The molecule has 1 atom stereocenters. The normalized spacial score (nSPS) is 16.3. The van der Waals surface area contributed by atoms with Crippen molar-refractivity contribution in [2.24, 2.45) is 0 Å². The first kappa shape index (κ1) is 19.1. The molecule has 2 amide bonds. The maximum absolute atomic E-state index is 12.4. The summed E-state index contributed by atoms with van der Waals surface area (Å²) in [6.07, 6.45) is 8.69. The summed E-state index contributed by atoms with van der Waals surface area (Å²) in [6, 6.07) is 11.9. The van der Waals surface area contributed by atoms with Gasteiger partial charge in [0.15, 0.2) is 0 Å². The van der Waals surface area contributed by atoms with Crippen molar-refractivity contribution in [1.82, 2.24) is 20.2 Å². The number of likely N-dealkylation sites (tertiary alicyclic amines) is 1. The molecule has 7 nitrogen and oxygen atoms in total. The fourth-order valence-corrected chi connectivity index (χ4v) is 3.70. The quantitative estimate of drug-likeness (QED) is 0.685. The van der Waals surface area contributed by atoms with Crippen molar-refractivity contribution >= 4 is 11.7 Å². The Morgan fingerprint density at radius 3 is 2.48 bits per heavy atom. The molecule has 150 valence electrons. The highest BCUT2D eigenvalue weighted by Crippen LogP contribution is 2.24. The lowest BCUT2D eigenvalue weighted by molar-refractivity contribution is 0.154. The van der Waals surface area contributed by atoms with Crippen LogP contribution in [0.1, 0.15) is 31.4 Å². The van der Waals surface area contributed by atoms with Gasteiger partial charge < -0.3 is 15.1 Å². The van der Waals surface area contributed by atoms with Gasteiger partial charge in [0.1, 0.15) is 6.26 Å². The van der Waals surface area contributed by atoms with Crippen LogP contribution in [0.15, 0.2) is 65.7 Å². The molecule has 0 bridgehead atoms. The first-order valence-corrected chi connectivity index (χ1v) is 9.90. The Morgan fingerprint density at radius 2 is 1.83 bits per heavy atom. The zero-order valence-corrected chi connectivity index (χ0v) is 16.4. The summed E-state index contributed by atoms with van der Waals surface area (Å²) < 4.78 is 5.28. The number of nitrogens with one attached hydrogen (secondary N) is 2. The highest BCUT2D eigenvalue weighted by atomic mass is 16.3. The van der Waals surface area contributed by atoms with Gasteiger partial charge in [-0.2, -0.15) is 0 Å². The van der Waals surface area contributed by atoms with E-state index in [2.05, 4.69) is 44.6 Å². The molecule has 7 heteroatoms. The minimum absolute atomic E-state index is 0.172. The van der Waals surface area contributed by atoms with Gasteiger partial charge in [-0.3, -0.25) is 9.88 Å². The molecule has 1 fully saturated rings. The van der Waals surface area contributed by atoms with Gasteiger partial charge in [0, 0.05) is 48.8 Å². The SMILES string of the molecule is CC(c1ccncc1)N1CCC(NC(=O)Nc2ccc(-c3ncco3)cc2)CC1. The number of hydrogen-bond donors (Lipinski definition) is 2. The number of carbonyl (C=O) groups excluding carboxylic acids is 1. The van der Waals surface area contributed by atoms with Crippen LogP contribution < -0.4 is 10.6 Å². The molecule has 3 heterocycles. The Labute approximate surface area is 170 Å². The van der Waals surface area contributed by atoms with E-state index >= 15 is 0 Å². The minimum atomic E-state index is -0.172. The molecule has 1 saturated heterocycles. The molecule has 1 aromatic carbocycles. The van der Waals surface area contributed by atoms with E-state index in [1.165, 1.54) is 11.8 Å². The van der Waals surface area contributed by atoms with E-state index < -0.39 is 0 Å². The van der Waals surface area contributed by atoms with Crippen LogP contribution in [-0.2, 0) is 0 Å². The summed E-state index contributed by atoms with van der Waals surface area (Å²) in [7, 11) is 0. The second kappa shape index (κ2) is 8.87. The van der Waals surface area contributed by atoms with Gasteiger partial charge in [-0.1, -0.05) is 0 Å². The monoisotopic (exact) mass is 391 g/mol. The number of anilines is 1. The van der Waals surface area contributed by atoms with Gasteiger partial charge in [-0.05, 0) is 61.7 Å². The number of urea groups is 1. The summed E-state index contributed by atoms with van der Waals surface area (Å²) in [5.74, 6) is 0.564. The average Bonchev–Trinajstić information content (AvgIpc) is 3.30. The zero-order chi connectivity index (χ0) is 20.1. The van der Waals surface area contributed by atoms with Crippen LogP contribution >= 0.6 is 0 Å². The van der Waals surface area contributed by atoms with Gasteiger partial charge in [0.25, 0.3) is 0 Å². The smallest absolute Gasteiger partial charge is 0.319 e. The van der Waals surface area contributed by atoms with E-state index in [4.69, 9.17) is 4.42 Å². The van der Waals surface area contributed by atoms with Crippen LogP contribution in [0.25, 0.3) is 11.5 Å². The van der Waals surface area contributed by atoms with Crippen LogP contribution in [0.4, 0.5) is 10.5 Å². The van der Waals surface area contributed by atoms with Crippen LogP contribution in [0.5, 0.6) is 0 Å². The van der Waals surface area contributed by atoms with Crippen LogP contribution in [0.2, 0.25) is 0 Å². The first-order chi connectivity index (χ1) is 14.2. The molecule has 2 aromatic heterocycles. The number of aromatic nitrogens is 2. The summed E-state index contributed by atoms with van der Waals surface area (Å²) in [4.78, 5) is 23.0. The maximum Gasteiger partial charge on any atom is 0.319 e. The molecule has 1 aliphatic heterocycles. The molecule has 29 heavy (non-hydrogen) atoms. The summed E-state index contributed by atoms with van der Waals surface area (Å²) in [5, 5.41) is 5.99. The maximum atomic E-state index is 12.4. The van der Waals surface area contributed by atoms with Crippen molar-refractivity contribution in [3.05, 3.63) is 66.8 Å². The molecule has 4 rings (SSSR count). The van der Waals surface area contributed by atoms with Crippen LogP contribution in [0, 0.1) is 0 Å². The minimum Gasteiger partial charge on any atom is -0.445 e. The zero-order valence-electron chi connectivity index (χ0n) is 16.4. The van der Waals surface area contributed by atoms with Gasteiger partial charge in [0.05, 0.1) is 6.20 Å². The molecule has 0 spiro atoms. The molecule has 0 radical (unpaired) electrons. The highest BCUT2D eigenvalue weighted by Gasteiger charge is 2.24. The number of carbonyl (C=O) groups is 1. The number of amides is 2. The molecule has 1 unspecified atom stereocenters. The predicted octanol–water partition coefficient (Wildman–Crippen LogP) is 4.08. The van der Waals surface area contributed by atoms with Crippen molar-refractivity contribution < 1.29 is 9.21 Å². The second-order valence-electron chi connectivity index (χ2n) is 7.28. The number of rotatable bonds is 5. The standard InChI is InChI=1S/C22H25N5O2/c1-16(17-6-10-23-11-7-17)27-13-8-20(9-14-27)26-22(28)25-19-4-2-18(3-5-19)21-24-12-15-29-21/h2-7,10-12,15-16,20H,8-9,13-14H2,1H3,(H2,25,26,28).